The molecule has 0 unspecified atom stereocenters. The summed E-state index contributed by atoms with van der Waals surface area (Å²) in [6.45, 7) is -0.180. The van der Waals surface area contributed by atoms with E-state index in [1.807, 2.05) is 6.07 Å². The first-order chi connectivity index (χ1) is 13.9. The summed E-state index contributed by atoms with van der Waals surface area (Å²) < 4.78 is 57.2. The number of nitrogens with zero attached hydrogens (tertiary/aromatic N) is 1. The van der Waals surface area contributed by atoms with Crippen LogP contribution in [0.25, 0.3) is 0 Å². The molecule has 29 heavy (non-hydrogen) atoms. The van der Waals surface area contributed by atoms with E-state index in [1.54, 1.807) is 60.7 Å². The van der Waals surface area contributed by atoms with Gasteiger partial charge in [-0.25, -0.2) is 8.42 Å². The van der Waals surface area contributed by atoms with E-state index in [4.69, 9.17) is 4.18 Å². The quantitative estimate of drug-likeness (QED) is 0.486. The van der Waals surface area contributed by atoms with E-state index < -0.39 is 25.9 Å². The van der Waals surface area contributed by atoms with Gasteiger partial charge in [0.25, 0.3) is 0 Å². The Morgan fingerprint density at radius 2 is 1.21 bits per heavy atom. The van der Waals surface area contributed by atoms with Gasteiger partial charge < -0.3 is 4.18 Å². The Hall–Kier alpha value is -2.68. The molecule has 0 aliphatic carbocycles. The fourth-order valence-electron chi connectivity index (χ4n) is 2.69. The van der Waals surface area contributed by atoms with Crippen molar-refractivity contribution in [1.29, 1.82) is 0 Å². The second-order valence-corrected chi connectivity index (χ2v) is 9.92. The molecule has 3 aromatic carbocycles. The normalized spacial score (nSPS) is 12.0. The van der Waals surface area contributed by atoms with Gasteiger partial charge in [-0.2, -0.15) is 12.7 Å². The number of hydrogen-bond acceptors (Lipinski definition) is 5. The molecule has 3 aromatic rings. The molecule has 0 bridgehead atoms. The van der Waals surface area contributed by atoms with Gasteiger partial charge in [0.05, 0.1) is 4.90 Å². The average Bonchev–Trinajstić information content (AvgIpc) is 2.73. The van der Waals surface area contributed by atoms with E-state index >= 15 is 0 Å². The third-order valence-corrected chi connectivity index (χ3v) is 7.13. The van der Waals surface area contributed by atoms with Crippen LogP contribution >= 0.6 is 0 Å². The molecular weight excluding hydrogens is 410 g/mol. The summed E-state index contributed by atoms with van der Waals surface area (Å²) >= 11 is 0. The second kappa shape index (κ2) is 9.21. The van der Waals surface area contributed by atoms with Crippen LogP contribution in [-0.4, -0.2) is 33.4 Å². The number of benzene rings is 3. The van der Waals surface area contributed by atoms with E-state index in [-0.39, 0.29) is 23.7 Å². The predicted molar refractivity (Wildman–Crippen MR) is 111 cm³/mol. The molecular formula is C21H21NO5S2. The lowest BCUT2D eigenvalue weighted by molar-refractivity contribution is 0.415. The van der Waals surface area contributed by atoms with E-state index in [2.05, 4.69) is 0 Å². The molecule has 0 N–H and O–H groups in total. The molecule has 152 valence electrons. The van der Waals surface area contributed by atoms with Crippen LogP contribution in [0.2, 0.25) is 0 Å². The molecule has 0 spiro atoms. The summed E-state index contributed by atoms with van der Waals surface area (Å²) in [5, 5.41) is 0. The molecule has 0 aliphatic rings. The number of para-hydroxylation sites is 1. The predicted octanol–water partition coefficient (Wildman–Crippen LogP) is 3.29. The summed E-state index contributed by atoms with van der Waals surface area (Å²) in [4.78, 5) is 0.109. The van der Waals surface area contributed by atoms with Crippen LogP contribution in [0.1, 0.15) is 5.56 Å². The van der Waals surface area contributed by atoms with Gasteiger partial charge in [-0.3, -0.25) is 0 Å². The highest BCUT2D eigenvalue weighted by Gasteiger charge is 2.27. The molecule has 0 heterocycles. The van der Waals surface area contributed by atoms with E-state index in [9.17, 15) is 16.8 Å². The third kappa shape index (κ3) is 5.90. The molecule has 0 saturated carbocycles. The van der Waals surface area contributed by atoms with Crippen LogP contribution in [0.5, 0.6) is 5.75 Å². The van der Waals surface area contributed by atoms with E-state index in [0.29, 0.717) is 0 Å². The van der Waals surface area contributed by atoms with Crippen LogP contribution in [0.4, 0.5) is 0 Å². The van der Waals surface area contributed by atoms with Gasteiger partial charge >= 0.3 is 10.1 Å². The van der Waals surface area contributed by atoms with Crippen molar-refractivity contribution >= 4 is 20.1 Å². The Morgan fingerprint density at radius 3 is 1.79 bits per heavy atom. The first kappa shape index (κ1) is 21.0. The monoisotopic (exact) mass is 431 g/mol. The van der Waals surface area contributed by atoms with Crippen molar-refractivity contribution in [3.63, 3.8) is 0 Å². The van der Waals surface area contributed by atoms with Crippen LogP contribution in [-0.2, 0) is 26.7 Å². The maximum absolute atomic E-state index is 13.1. The maximum Gasteiger partial charge on any atom is 0.310 e. The molecule has 0 aromatic heterocycles. The summed E-state index contributed by atoms with van der Waals surface area (Å²) in [5.74, 6) is -0.283. The van der Waals surface area contributed by atoms with Crippen LogP contribution in [0.3, 0.4) is 0 Å². The van der Waals surface area contributed by atoms with Crippen LogP contribution in [0.15, 0.2) is 95.9 Å². The maximum atomic E-state index is 13.1. The Bertz CT molecular complexity index is 1120. The molecule has 0 aliphatic heterocycles. The first-order valence-electron chi connectivity index (χ1n) is 8.93. The van der Waals surface area contributed by atoms with Gasteiger partial charge in [-0.1, -0.05) is 66.7 Å². The second-order valence-electron chi connectivity index (χ2n) is 6.30. The summed E-state index contributed by atoms with van der Waals surface area (Å²) in [6, 6.07) is 25.1. The smallest absolute Gasteiger partial charge is 0.310 e. The van der Waals surface area contributed by atoms with Gasteiger partial charge in [0.15, 0.2) is 0 Å². The van der Waals surface area contributed by atoms with Gasteiger partial charge in [0.1, 0.15) is 11.5 Å². The zero-order chi connectivity index (χ0) is 20.7. The van der Waals surface area contributed by atoms with Gasteiger partial charge in [0, 0.05) is 13.1 Å². The Kier molecular flexibility index (Phi) is 6.68. The Balaban J connectivity index is 1.81. The van der Waals surface area contributed by atoms with Crippen molar-refractivity contribution in [3.8, 4) is 5.75 Å². The zero-order valence-electron chi connectivity index (χ0n) is 15.6. The fraction of sp³-hybridized carbons (Fsp3) is 0.143. The number of hydrogen-bond donors (Lipinski definition) is 0. The highest BCUT2D eigenvalue weighted by Crippen LogP contribution is 2.19. The Morgan fingerprint density at radius 1 is 0.690 bits per heavy atom. The lowest BCUT2D eigenvalue weighted by atomic mass is 10.2. The summed E-state index contributed by atoms with van der Waals surface area (Å²) in [7, 11) is -7.85. The SMILES string of the molecule is O=S(=O)(CCN(Cc1ccccc1)S(=O)(=O)c1ccccc1)Oc1ccccc1. The molecule has 8 heteroatoms. The minimum Gasteiger partial charge on any atom is -0.382 e. The lowest BCUT2D eigenvalue weighted by Gasteiger charge is -2.22. The minimum absolute atomic E-state index is 0.0545. The molecule has 0 amide bonds. The van der Waals surface area contributed by atoms with Crippen molar-refractivity contribution in [2.24, 2.45) is 0 Å². The zero-order valence-corrected chi connectivity index (χ0v) is 17.2. The van der Waals surface area contributed by atoms with E-state index in [0.717, 1.165) is 9.87 Å². The van der Waals surface area contributed by atoms with Crippen molar-refractivity contribution in [2.75, 3.05) is 12.3 Å². The fourth-order valence-corrected chi connectivity index (χ4v) is 5.19. The average molecular weight is 432 g/mol. The lowest BCUT2D eigenvalue weighted by Crippen LogP contribution is -2.35. The minimum atomic E-state index is -3.97. The highest BCUT2D eigenvalue weighted by atomic mass is 32.2. The van der Waals surface area contributed by atoms with Crippen molar-refractivity contribution in [2.45, 2.75) is 11.4 Å². The van der Waals surface area contributed by atoms with Crippen LogP contribution in [0, 0.1) is 0 Å². The summed E-state index contributed by atoms with van der Waals surface area (Å²) in [5.41, 5.74) is 0.758. The molecule has 3 rings (SSSR count). The molecule has 0 fully saturated rings. The van der Waals surface area contributed by atoms with Crippen LogP contribution < -0.4 is 4.18 Å². The number of rotatable bonds is 9. The molecule has 0 saturated heterocycles. The first-order valence-corrected chi connectivity index (χ1v) is 11.9. The van der Waals surface area contributed by atoms with E-state index in [1.165, 1.54) is 24.3 Å². The Labute approximate surface area is 171 Å². The van der Waals surface area contributed by atoms with Crippen molar-refractivity contribution < 1.29 is 21.0 Å². The highest BCUT2D eigenvalue weighted by molar-refractivity contribution is 7.89. The van der Waals surface area contributed by atoms with Crippen molar-refractivity contribution in [1.82, 2.24) is 4.31 Å². The molecule has 0 radical (unpaired) electrons. The summed E-state index contributed by atoms with van der Waals surface area (Å²) in [6.07, 6.45) is 0. The number of sulfonamides is 1. The largest absolute Gasteiger partial charge is 0.382 e. The molecule has 6 nitrogen and oxygen atoms in total. The third-order valence-electron chi connectivity index (χ3n) is 4.14. The molecule has 0 atom stereocenters. The van der Waals surface area contributed by atoms with Gasteiger partial charge in [-0.15, -0.1) is 0 Å². The van der Waals surface area contributed by atoms with Gasteiger partial charge in [-0.05, 0) is 29.8 Å². The van der Waals surface area contributed by atoms with Crippen molar-refractivity contribution in [3.05, 3.63) is 96.6 Å². The standard InChI is InChI=1S/C21H21NO5S2/c23-28(24,27-20-12-6-2-7-13-20)17-16-22(18-19-10-4-1-5-11-19)29(25,26)21-14-8-3-9-15-21/h1-15H,16-18H2. The topological polar surface area (TPSA) is 80.8 Å². The van der Waals surface area contributed by atoms with Gasteiger partial charge in [0.2, 0.25) is 10.0 Å².